The molecule has 0 aliphatic carbocycles. The van der Waals surface area contributed by atoms with Crippen LogP contribution in [-0.4, -0.2) is 39.4 Å². The van der Waals surface area contributed by atoms with Crippen LogP contribution in [0, 0.1) is 0 Å². The van der Waals surface area contributed by atoms with Crippen LogP contribution < -0.4 is 10.0 Å². The molecule has 0 bridgehead atoms. The summed E-state index contributed by atoms with van der Waals surface area (Å²) in [6.45, 7) is 3.53. The van der Waals surface area contributed by atoms with E-state index in [1.807, 2.05) is 0 Å². The number of nitrogens with one attached hydrogen (secondary N) is 2. The predicted octanol–water partition coefficient (Wildman–Crippen LogP) is 3.86. The molecule has 1 saturated heterocycles. The molecule has 0 saturated carbocycles. The number of sulfonamides is 1. The molecule has 172 valence electrons. The third-order valence-electron chi connectivity index (χ3n) is 4.93. The number of benzene rings is 1. The lowest BCUT2D eigenvalue weighted by Crippen LogP contribution is -2.57. The highest BCUT2D eigenvalue weighted by atomic mass is 32.2. The van der Waals surface area contributed by atoms with E-state index < -0.39 is 45.1 Å². The van der Waals surface area contributed by atoms with Crippen molar-refractivity contribution in [3.8, 4) is 0 Å². The van der Waals surface area contributed by atoms with Crippen molar-refractivity contribution in [2.24, 2.45) is 0 Å². The highest BCUT2D eigenvalue weighted by Crippen LogP contribution is 2.38. The fourth-order valence-corrected chi connectivity index (χ4v) is 4.00. The lowest BCUT2D eigenvalue weighted by molar-refractivity contribution is -0.143. The largest absolute Gasteiger partial charge is 0.416 e. The van der Waals surface area contributed by atoms with E-state index in [9.17, 15) is 34.8 Å². The third kappa shape index (κ3) is 7.10. The van der Waals surface area contributed by atoms with Crippen molar-refractivity contribution in [3.63, 3.8) is 0 Å². The Balaban J connectivity index is 2.08. The van der Waals surface area contributed by atoms with Crippen LogP contribution in [0.5, 0.6) is 0 Å². The quantitative estimate of drug-likeness (QED) is 0.630. The van der Waals surface area contributed by atoms with E-state index in [-0.39, 0.29) is 24.3 Å². The lowest BCUT2D eigenvalue weighted by Gasteiger charge is -2.39. The molecular formula is C18H24F6N2O3S. The van der Waals surface area contributed by atoms with Crippen molar-refractivity contribution in [1.82, 2.24) is 10.0 Å². The van der Waals surface area contributed by atoms with Gasteiger partial charge in [-0.25, -0.2) is 13.1 Å². The highest BCUT2D eigenvalue weighted by Gasteiger charge is 2.38. The maximum absolute atomic E-state index is 13.0. The average Bonchev–Trinajstić information content (AvgIpc) is 2.59. The second-order valence-corrected chi connectivity index (χ2v) is 9.64. The second-order valence-electron chi connectivity index (χ2n) is 7.86. The molecule has 5 nitrogen and oxygen atoms in total. The molecule has 0 spiro atoms. The minimum Gasteiger partial charge on any atom is -0.372 e. The number of halogens is 6. The minimum atomic E-state index is -4.92. The number of alkyl halides is 6. The summed E-state index contributed by atoms with van der Waals surface area (Å²) in [4.78, 5) is 0. The maximum Gasteiger partial charge on any atom is 0.416 e. The van der Waals surface area contributed by atoms with Gasteiger partial charge in [0.05, 0.1) is 30.1 Å². The van der Waals surface area contributed by atoms with Crippen molar-refractivity contribution in [2.45, 2.75) is 56.7 Å². The molecule has 1 aliphatic rings. The van der Waals surface area contributed by atoms with Gasteiger partial charge in [0.1, 0.15) is 0 Å². The van der Waals surface area contributed by atoms with Crippen LogP contribution in [0.2, 0.25) is 0 Å². The van der Waals surface area contributed by atoms with E-state index in [4.69, 9.17) is 4.74 Å². The van der Waals surface area contributed by atoms with E-state index in [2.05, 4.69) is 10.0 Å². The van der Waals surface area contributed by atoms with E-state index >= 15 is 0 Å². The Bertz CT molecular complexity index is 814. The number of hydrogen-bond donors (Lipinski definition) is 2. The SMILES string of the molecule is C[C@@H](OC[C@@]1(C)CCC(NS(C)(=O)=O)CN1)c1cc(C(F)(F)F)cc(C(F)(F)F)c1. The molecule has 2 rings (SSSR count). The Kier molecular flexibility index (Phi) is 7.17. The summed E-state index contributed by atoms with van der Waals surface area (Å²) >= 11 is 0. The molecule has 1 heterocycles. The molecule has 1 fully saturated rings. The van der Waals surface area contributed by atoms with Crippen LogP contribution in [-0.2, 0) is 27.1 Å². The number of piperidine rings is 1. The maximum atomic E-state index is 13.0. The zero-order chi connectivity index (χ0) is 23.0. The molecule has 30 heavy (non-hydrogen) atoms. The number of rotatable bonds is 6. The summed E-state index contributed by atoms with van der Waals surface area (Å²) in [6.07, 6.45) is -8.79. The van der Waals surface area contributed by atoms with Gasteiger partial charge in [-0.2, -0.15) is 26.3 Å². The third-order valence-corrected chi connectivity index (χ3v) is 5.69. The van der Waals surface area contributed by atoms with Gasteiger partial charge in [0.15, 0.2) is 0 Å². The van der Waals surface area contributed by atoms with E-state index in [1.54, 1.807) is 6.92 Å². The van der Waals surface area contributed by atoms with Crippen LogP contribution >= 0.6 is 0 Å². The average molecular weight is 462 g/mol. The predicted molar refractivity (Wildman–Crippen MR) is 98.2 cm³/mol. The summed E-state index contributed by atoms with van der Waals surface area (Å²) in [7, 11) is -3.36. The van der Waals surface area contributed by atoms with Crippen LogP contribution in [0.4, 0.5) is 26.3 Å². The summed E-state index contributed by atoms with van der Waals surface area (Å²) in [5.74, 6) is 0. The van der Waals surface area contributed by atoms with Crippen molar-refractivity contribution in [3.05, 3.63) is 34.9 Å². The van der Waals surface area contributed by atoms with Crippen LogP contribution in [0.15, 0.2) is 18.2 Å². The first-order valence-corrected chi connectivity index (χ1v) is 11.0. The zero-order valence-corrected chi connectivity index (χ0v) is 17.4. The first-order valence-electron chi connectivity index (χ1n) is 9.12. The van der Waals surface area contributed by atoms with Gasteiger partial charge in [-0.15, -0.1) is 0 Å². The summed E-state index contributed by atoms with van der Waals surface area (Å²) in [5, 5.41) is 3.13. The molecule has 0 radical (unpaired) electrons. The highest BCUT2D eigenvalue weighted by molar-refractivity contribution is 7.88. The number of hydrogen-bond acceptors (Lipinski definition) is 4. The van der Waals surface area contributed by atoms with Gasteiger partial charge in [-0.3, -0.25) is 0 Å². The molecule has 3 atom stereocenters. The monoisotopic (exact) mass is 462 g/mol. The van der Waals surface area contributed by atoms with Crippen LogP contribution in [0.1, 0.15) is 49.5 Å². The summed E-state index contributed by atoms with van der Waals surface area (Å²) in [5.41, 5.74) is -3.61. The smallest absolute Gasteiger partial charge is 0.372 e. The van der Waals surface area contributed by atoms with E-state index in [0.29, 0.717) is 31.5 Å². The molecule has 1 unspecified atom stereocenters. The van der Waals surface area contributed by atoms with Gasteiger partial charge in [-0.1, -0.05) is 0 Å². The van der Waals surface area contributed by atoms with Gasteiger partial charge in [0.25, 0.3) is 0 Å². The molecule has 12 heteroatoms. The molecule has 0 amide bonds. The molecule has 2 N–H and O–H groups in total. The number of ether oxygens (including phenoxy) is 1. The van der Waals surface area contributed by atoms with Gasteiger partial charge >= 0.3 is 12.4 Å². The first kappa shape index (κ1) is 24.9. The fraction of sp³-hybridized carbons (Fsp3) is 0.667. The Labute approximate surface area is 171 Å². The van der Waals surface area contributed by atoms with Crippen LogP contribution in [0.3, 0.4) is 0 Å². The van der Waals surface area contributed by atoms with Gasteiger partial charge in [-0.05, 0) is 50.5 Å². The Morgan fingerprint density at radius 3 is 2.10 bits per heavy atom. The first-order chi connectivity index (χ1) is 13.5. The zero-order valence-electron chi connectivity index (χ0n) is 16.6. The lowest BCUT2D eigenvalue weighted by atomic mass is 9.90. The Morgan fingerprint density at radius 2 is 1.70 bits per heavy atom. The minimum absolute atomic E-state index is 0.0252. The van der Waals surface area contributed by atoms with Crippen molar-refractivity contribution < 1.29 is 39.5 Å². The Hall–Kier alpha value is -1.37. The van der Waals surface area contributed by atoms with Crippen molar-refractivity contribution in [1.29, 1.82) is 0 Å². The van der Waals surface area contributed by atoms with E-state index in [0.717, 1.165) is 6.26 Å². The van der Waals surface area contributed by atoms with Crippen molar-refractivity contribution >= 4 is 10.0 Å². The van der Waals surface area contributed by atoms with Crippen molar-refractivity contribution in [2.75, 3.05) is 19.4 Å². The van der Waals surface area contributed by atoms with Gasteiger partial charge in [0, 0.05) is 18.1 Å². The fourth-order valence-electron chi connectivity index (χ4n) is 3.20. The molecule has 1 aromatic carbocycles. The second kappa shape index (κ2) is 8.64. The topological polar surface area (TPSA) is 67.4 Å². The van der Waals surface area contributed by atoms with Gasteiger partial charge < -0.3 is 10.1 Å². The van der Waals surface area contributed by atoms with E-state index in [1.165, 1.54) is 6.92 Å². The Morgan fingerprint density at radius 1 is 1.17 bits per heavy atom. The van der Waals surface area contributed by atoms with Gasteiger partial charge in [0.2, 0.25) is 10.0 Å². The normalized spacial score (nSPS) is 24.6. The molecule has 1 aliphatic heterocycles. The summed E-state index contributed by atoms with van der Waals surface area (Å²) in [6, 6.07) is 1.09. The molecule has 0 aromatic heterocycles. The summed E-state index contributed by atoms with van der Waals surface area (Å²) < 4.78 is 109. The molecular weight excluding hydrogens is 438 g/mol. The molecule has 1 aromatic rings. The van der Waals surface area contributed by atoms with Crippen LogP contribution in [0.25, 0.3) is 0 Å². The standard InChI is InChI=1S/C18H24F6N2O3S/c1-11(12-6-13(17(19,20)21)8-14(7-12)18(22,23)24)29-10-16(2)5-4-15(9-25-16)26-30(3,27)28/h6-8,11,15,25-26H,4-5,9-10H2,1-3H3/t11-,15?,16-/m1/s1.